The Morgan fingerprint density at radius 1 is 1.64 bits per heavy atom. The fourth-order valence-electron chi connectivity index (χ4n) is 1.35. The van der Waals surface area contributed by atoms with Gasteiger partial charge in [-0.1, -0.05) is 0 Å². The van der Waals surface area contributed by atoms with Crippen molar-refractivity contribution in [3.8, 4) is 0 Å². The number of hydrogen-bond donors (Lipinski definition) is 1. The molecule has 2 aliphatic heterocycles. The van der Waals surface area contributed by atoms with Gasteiger partial charge in [-0.25, -0.2) is 0 Å². The van der Waals surface area contributed by atoms with Crippen molar-refractivity contribution in [2.75, 3.05) is 13.2 Å². The van der Waals surface area contributed by atoms with Crippen LogP contribution in [-0.4, -0.2) is 31.0 Å². The van der Waals surface area contributed by atoms with Crippen LogP contribution in [0.4, 0.5) is 0 Å². The average Bonchev–Trinajstić information content (AvgIpc) is 2.55. The van der Waals surface area contributed by atoms with Gasteiger partial charge in [0.2, 0.25) is 5.91 Å². The van der Waals surface area contributed by atoms with E-state index in [9.17, 15) is 4.79 Å². The molecule has 1 amide bonds. The maximum absolute atomic E-state index is 10.7. The van der Waals surface area contributed by atoms with Crippen LogP contribution in [0.3, 0.4) is 0 Å². The third-order valence-electron chi connectivity index (χ3n) is 1.90. The van der Waals surface area contributed by atoms with Gasteiger partial charge in [0.1, 0.15) is 18.5 Å². The molecule has 0 bridgehead atoms. The molecule has 0 spiro atoms. The Hall–Kier alpha value is -0.900. The molecule has 1 unspecified atom stereocenters. The molecule has 4 nitrogen and oxygen atoms in total. The lowest BCUT2D eigenvalue weighted by Crippen LogP contribution is -2.33. The zero-order valence-corrected chi connectivity index (χ0v) is 6.17. The van der Waals surface area contributed by atoms with Crippen LogP contribution in [0.1, 0.15) is 12.8 Å². The van der Waals surface area contributed by atoms with Crippen molar-refractivity contribution in [1.82, 2.24) is 5.32 Å². The highest BCUT2D eigenvalue weighted by Gasteiger charge is 2.25. The molecule has 1 N–H and O–H groups in total. The summed E-state index contributed by atoms with van der Waals surface area (Å²) in [6, 6.07) is 0. The SMILES string of the molecule is O=C1CN=C(C2CCCO2)N1. The second-order valence-corrected chi connectivity index (χ2v) is 2.75. The lowest BCUT2D eigenvalue weighted by Gasteiger charge is -2.07. The zero-order valence-electron chi connectivity index (χ0n) is 6.17. The summed E-state index contributed by atoms with van der Waals surface area (Å²) in [5.41, 5.74) is 0. The first-order valence-corrected chi connectivity index (χ1v) is 3.82. The van der Waals surface area contributed by atoms with Crippen molar-refractivity contribution in [1.29, 1.82) is 0 Å². The fourth-order valence-corrected chi connectivity index (χ4v) is 1.35. The van der Waals surface area contributed by atoms with E-state index in [4.69, 9.17) is 4.74 Å². The third-order valence-corrected chi connectivity index (χ3v) is 1.90. The molecule has 0 aromatic heterocycles. The van der Waals surface area contributed by atoms with E-state index in [2.05, 4.69) is 10.3 Å². The van der Waals surface area contributed by atoms with Gasteiger partial charge in [-0.3, -0.25) is 9.79 Å². The average molecular weight is 154 g/mol. The van der Waals surface area contributed by atoms with E-state index in [0.717, 1.165) is 25.3 Å². The standard InChI is InChI=1S/C7H10N2O2/c10-6-4-8-7(9-6)5-2-1-3-11-5/h5H,1-4H2,(H,8,9,10). The van der Waals surface area contributed by atoms with E-state index in [0.29, 0.717) is 0 Å². The van der Waals surface area contributed by atoms with Gasteiger partial charge in [-0.15, -0.1) is 0 Å². The highest BCUT2D eigenvalue weighted by Crippen LogP contribution is 2.13. The summed E-state index contributed by atoms with van der Waals surface area (Å²) < 4.78 is 5.34. The van der Waals surface area contributed by atoms with E-state index in [1.807, 2.05) is 0 Å². The van der Waals surface area contributed by atoms with Gasteiger partial charge in [-0.05, 0) is 12.8 Å². The largest absolute Gasteiger partial charge is 0.370 e. The summed E-state index contributed by atoms with van der Waals surface area (Å²) in [5.74, 6) is 0.711. The van der Waals surface area contributed by atoms with Crippen molar-refractivity contribution >= 4 is 11.7 Å². The summed E-state index contributed by atoms with van der Waals surface area (Å²) in [6.07, 6.45) is 2.11. The van der Waals surface area contributed by atoms with Gasteiger partial charge in [0.25, 0.3) is 0 Å². The minimum absolute atomic E-state index is 0.0181. The molecule has 1 saturated heterocycles. The normalized spacial score (nSPS) is 30.4. The number of nitrogens with one attached hydrogen (secondary N) is 1. The van der Waals surface area contributed by atoms with Crippen LogP contribution in [-0.2, 0) is 9.53 Å². The van der Waals surface area contributed by atoms with Crippen LogP contribution in [0.2, 0.25) is 0 Å². The Bertz CT molecular complexity index is 206. The monoisotopic (exact) mass is 154 g/mol. The van der Waals surface area contributed by atoms with E-state index in [1.54, 1.807) is 0 Å². The molecule has 2 heterocycles. The predicted molar refractivity (Wildman–Crippen MR) is 39.4 cm³/mol. The van der Waals surface area contributed by atoms with Crippen molar-refractivity contribution in [3.63, 3.8) is 0 Å². The number of amidine groups is 1. The number of ether oxygens (including phenoxy) is 1. The van der Waals surface area contributed by atoms with E-state index in [-0.39, 0.29) is 18.6 Å². The summed E-state index contributed by atoms with van der Waals surface area (Å²) >= 11 is 0. The molecule has 1 atom stereocenters. The quantitative estimate of drug-likeness (QED) is 0.563. The maximum Gasteiger partial charge on any atom is 0.247 e. The minimum Gasteiger partial charge on any atom is -0.370 e. The molecule has 0 aromatic carbocycles. The van der Waals surface area contributed by atoms with Gasteiger partial charge < -0.3 is 10.1 Å². The predicted octanol–water partition coefficient (Wildman–Crippen LogP) is -0.306. The van der Waals surface area contributed by atoms with Gasteiger partial charge in [0.15, 0.2) is 0 Å². The fraction of sp³-hybridized carbons (Fsp3) is 0.714. The molecule has 0 aromatic rings. The number of aliphatic imine (C=N–C) groups is 1. The molecular formula is C7H10N2O2. The van der Waals surface area contributed by atoms with Crippen LogP contribution >= 0.6 is 0 Å². The Labute approximate surface area is 64.6 Å². The zero-order chi connectivity index (χ0) is 7.68. The molecule has 0 aliphatic carbocycles. The molecule has 0 saturated carbocycles. The van der Waals surface area contributed by atoms with Crippen molar-refractivity contribution in [2.45, 2.75) is 18.9 Å². The lowest BCUT2D eigenvalue weighted by atomic mass is 10.2. The minimum atomic E-state index is -0.0181. The van der Waals surface area contributed by atoms with Crippen LogP contribution in [0, 0.1) is 0 Å². The number of nitrogens with zero attached hydrogens (tertiary/aromatic N) is 1. The number of carbonyl (C=O) groups excluding carboxylic acids is 1. The Kier molecular flexibility index (Phi) is 1.62. The lowest BCUT2D eigenvalue weighted by molar-refractivity contribution is -0.117. The number of hydrogen-bond acceptors (Lipinski definition) is 3. The molecule has 4 heteroatoms. The second kappa shape index (κ2) is 2.62. The van der Waals surface area contributed by atoms with Crippen molar-refractivity contribution in [3.05, 3.63) is 0 Å². The molecule has 2 aliphatic rings. The van der Waals surface area contributed by atoms with E-state index >= 15 is 0 Å². The highest BCUT2D eigenvalue weighted by atomic mass is 16.5. The van der Waals surface area contributed by atoms with Gasteiger partial charge in [0.05, 0.1) is 0 Å². The second-order valence-electron chi connectivity index (χ2n) is 2.75. The van der Waals surface area contributed by atoms with Crippen molar-refractivity contribution < 1.29 is 9.53 Å². The first-order chi connectivity index (χ1) is 5.36. The number of rotatable bonds is 1. The maximum atomic E-state index is 10.7. The topological polar surface area (TPSA) is 50.7 Å². The summed E-state index contributed by atoms with van der Waals surface area (Å²) in [4.78, 5) is 14.8. The Balaban J connectivity index is 1.99. The number of carbonyl (C=O) groups is 1. The van der Waals surface area contributed by atoms with Gasteiger partial charge in [0, 0.05) is 6.61 Å². The molecule has 60 valence electrons. The first kappa shape index (κ1) is 6.79. The van der Waals surface area contributed by atoms with Crippen LogP contribution in [0.5, 0.6) is 0 Å². The summed E-state index contributed by atoms with van der Waals surface area (Å²) in [7, 11) is 0. The van der Waals surface area contributed by atoms with Gasteiger partial charge in [-0.2, -0.15) is 0 Å². The van der Waals surface area contributed by atoms with Crippen molar-refractivity contribution in [2.24, 2.45) is 4.99 Å². The third kappa shape index (κ3) is 1.26. The molecule has 2 rings (SSSR count). The molecule has 1 fully saturated rings. The van der Waals surface area contributed by atoms with Crippen LogP contribution in [0.15, 0.2) is 4.99 Å². The Morgan fingerprint density at radius 2 is 2.55 bits per heavy atom. The number of amides is 1. The highest BCUT2D eigenvalue weighted by molar-refractivity contribution is 6.06. The van der Waals surface area contributed by atoms with E-state index < -0.39 is 0 Å². The first-order valence-electron chi connectivity index (χ1n) is 3.82. The Morgan fingerprint density at radius 3 is 3.09 bits per heavy atom. The summed E-state index contributed by atoms with van der Waals surface area (Å²) in [6.45, 7) is 1.06. The van der Waals surface area contributed by atoms with Crippen LogP contribution < -0.4 is 5.32 Å². The summed E-state index contributed by atoms with van der Waals surface area (Å²) in [5, 5.41) is 2.68. The molecule has 11 heavy (non-hydrogen) atoms. The molecular weight excluding hydrogens is 144 g/mol. The van der Waals surface area contributed by atoms with E-state index in [1.165, 1.54) is 0 Å². The van der Waals surface area contributed by atoms with Crippen LogP contribution in [0.25, 0.3) is 0 Å². The van der Waals surface area contributed by atoms with Gasteiger partial charge >= 0.3 is 0 Å². The smallest absolute Gasteiger partial charge is 0.247 e. The molecule has 0 radical (unpaired) electrons.